The number of halogens is 2. The Morgan fingerprint density at radius 3 is 2.41 bits per heavy atom. The Morgan fingerprint density at radius 1 is 1.09 bits per heavy atom. The van der Waals surface area contributed by atoms with Crippen LogP contribution in [-0.2, 0) is 10.0 Å². The highest BCUT2D eigenvalue weighted by molar-refractivity contribution is 7.93. The first-order chi connectivity index (χ1) is 15.3. The van der Waals surface area contributed by atoms with Crippen LogP contribution in [0.3, 0.4) is 0 Å². The second-order valence-corrected chi connectivity index (χ2v) is 9.87. The molecule has 0 saturated carbocycles. The van der Waals surface area contributed by atoms with E-state index in [2.05, 4.69) is 20.2 Å². The van der Waals surface area contributed by atoms with Gasteiger partial charge in [0.1, 0.15) is 17.0 Å². The summed E-state index contributed by atoms with van der Waals surface area (Å²) in [5, 5.41) is 9.23. The number of hydrogen-bond acceptors (Lipinski definition) is 7. The summed E-state index contributed by atoms with van der Waals surface area (Å²) in [6.45, 7) is 1.59. The van der Waals surface area contributed by atoms with Crippen LogP contribution < -0.4 is 10.0 Å². The molecular weight excluding hydrogens is 495 g/mol. The van der Waals surface area contributed by atoms with E-state index in [9.17, 15) is 13.2 Å². The van der Waals surface area contributed by atoms with Gasteiger partial charge in [-0.15, -0.1) is 11.3 Å². The molecule has 2 aromatic carbocycles. The standard InChI is InChI=1S/C20H14Cl2N4O4S2/c1-11-16(18(25-30-11)17-14(21)3-2-4-15(17)22)19(27)24-12-5-7-13(8-6-12)32(28,29)26-20-23-9-10-31-20/h2-10H,1H3,(H,23,26)(H,24,27). The van der Waals surface area contributed by atoms with Gasteiger partial charge in [0.25, 0.3) is 15.9 Å². The Labute approximate surface area is 197 Å². The third kappa shape index (κ3) is 4.49. The number of benzene rings is 2. The predicted octanol–water partition coefficient (Wildman–Crippen LogP) is 5.47. The molecule has 2 aromatic heterocycles. The number of nitrogens with one attached hydrogen (secondary N) is 2. The lowest BCUT2D eigenvalue weighted by atomic mass is 10.1. The lowest BCUT2D eigenvalue weighted by Gasteiger charge is -2.09. The third-order valence-corrected chi connectivity index (χ3v) is 7.17. The monoisotopic (exact) mass is 508 g/mol. The minimum absolute atomic E-state index is 0.0235. The Balaban J connectivity index is 1.57. The molecule has 0 spiro atoms. The number of hydrogen-bond donors (Lipinski definition) is 2. The number of aromatic nitrogens is 2. The summed E-state index contributed by atoms with van der Waals surface area (Å²) in [7, 11) is -3.80. The highest BCUT2D eigenvalue weighted by Gasteiger charge is 2.25. The van der Waals surface area contributed by atoms with E-state index >= 15 is 0 Å². The van der Waals surface area contributed by atoms with Crippen molar-refractivity contribution in [2.45, 2.75) is 11.8 Å². The van der Waals surface area contributed by atoms with Crippen LogP contribution in [0, 0.1) is 6.92 Å². The summed E-state index contributed by atoms with van der Waals surface area (Å²) < 4.78 is 32.5. The molecule has 0 bridgehead atoms. The molecule has 4 aromatic rings. The minimum atomic E-state index is -3.80. The van der Waals surface area contributed by atoms with Crippen molar-refractivity contribution in [3.63, 3.8) is 0 Å². The number of amides is 1. The number of nitrogens with zero attached hydrogens (tertiary/aromatic N) is 2. The van der Waals surface area contributed by atoms with Gasteiger partial charge in [0, 0.05) is 22.8 Å². The van der Waals surface area contributed by atoms with Crippen molar-refractivity contribution in [3.05, 3.63) is 75.4 Å². The van der Waals surface area contributed by atoms with E-state index in [1.165, 1.54) is 41.8 Å². The fourth-order valence-corrected chi connectivity index (χ4v) is 5.26. The SMILES string of the molecule is Cc1onc(-c2c(Cl)cccc2Cl)c1C(=O)Nc1ccc(S(=O)(=O)Nc2nccs2)cc1. The number of anilines is 2. The van der Waals surface area contributed by atoms with Crippen LogP contribution in [0.5, 0.6) is 0 Å². The van der Waals surface area contributed by atoms with Crippen LogP contribution in [0.15, 0.2) is 63.5 Å². The van der Waals surface area contributed by atoms with Gasteiger partial charge in [-0.05, 0) is 43.3 Å². The van der Waals surface area contributed by atoms with Crippen molar-refractivity contribution >= 4 is 61.3 Å². The van der Waals surface area contributed by atoms with Crippen molar-refractivity contribution in [3.8, 4) is 11.3 Å². The average molecular weight is 509 g/mol. The third-order valence-electron chi connectivity index (χ3n) is 4.37. The second-order valence-electron chi connectivity index (χ2n) is 6.48. The fourth-order valence-electron chi connectivity index (χ4n) is 2.89. The summed E-state index contributed by atoms with van der Waals surface area (Å²) >= 11 is 13.7. The molecule has 0 saturated heterocycles. The largest absolute Gasteiger partial charge is 0.360 e. The first-order valence-corrected chi connectivity index (χ1v) is 12.1. The van der Waals surface area contributed by atoms with Gasteiger partial charge < -0.3 is 9.84 Å². The van der Waals surface area contributed by atoms with E-state index in [1.54, 1.807) is 30.5 Å². The number of aryl methyl sites for hydroxylation is 1. The quantitative estimate of drug-likeness (QED) is 0.357. The average Bonchev–Trinajstić information content (AvgIpc) is 3.37. The summed E-state index contributed by atoms with van der Waals surface area (Å²) in [5.41, 5.74) is 1.14. The van der Waals surface area contributed by atoms with E-state index < -0.39 is 15.9 Å². The van der Waals surface area contributed by atoms with Gasteiger partial charge in [0.15, 0.2) is 5.13 Å². The van der Waals surface area contributed by atoms with Gasteiger partial charge in [-0.1, -0.05) is 34.4 Å². The lowest BCUT2D eigenvalue weighted by molar-refractivity contribution is 0.102. The number of sulfonamides is 1. The van der Waals surface area contributed by atoms with E-state index in [0.717, 1.165) is 0 Å². The normalized spacial score (nSPS) is 11.3. The van der Waals surface area contributed by atoms with E-state index in [-0.39, 0.29) is 27.0 Å². The summed E-state index contributed by atoms with van der Waals surface area (Å²) in [5.74, 6) is -0.230. The van der Waals surface area contributed by atoms with E-state index in [1.807, 2.05) is 0 Å². The molecule has 12 heteroatoms. The molecular formula is C20H14Cl2N4O4S2. The molecule has 0 unspecified atom stereocenters. The first-order valence-electron chi connectivity index (χ1n) is 9.00. The van der Waals surface area contributed by atoms with Crippen molar-refractivity contribution in [1.82, 2.24) is 10.1 Å². The molecule has 4 rings (SSSR count). The summed E-state index contributed by atoms with van der Waals surface area (Å²) in [6.07, 6.45) is 1.50. The molecule has 0 radical (unpaired) electrons. The molecule has 0 aliphatic rings. The summed E-state index contributed by atoms with van der Waals surface area (Å²) in [6, 6.07) is 10.6. The molecule has 2 heterocycles. The van der Waals surface area contributed by atoms with Crippen LogP contribution >= 0.6 is 34.5 Å². The molecule has 8 nitrogen and oxygen atoms in total. The molecule has 164 valence electrons. The number of carbonyl (C=O) groups excluding carboxylic acids is 1. The van der Waals surface area contributed by atoms with E-state index in [4.69, 9.17) is 27.7 Å². The Kier molecular flexibility index (Phi) is 6.20. The van der Waals surface area contributed by atoms with Gasteiger partial charge in [0.2, 0.25) is 0 Å². The van der Waals surface area contributed by atoms with Gasteiger partial charge in [-0.25, -0.2) is 13.4 Å². The highest BCUT2D eigenvalue weighted by atomic mass is 35.5. The number of carbonyl (C=O) groups is 1. The van der Waals surface area contributed by atoms with Crippen molar-refractivity contribution in [2.24, 2.45) is 0 Å². The molecule has 1 amide bonds. The number of rotatable bonds is 6. The summed E-state index contributed by atoms with van der Waals surface area (Å²) in [4.78, 5) is 16.9. The van der Waals surface area contributed by atoms with Gasteiger partial charge in [-0.2, -0.15) is 0 Å². The Bertz CT molecular complexity index is 1370. The van der Waals surface area contributed by atoms with Crippen LogP contribution in [0.4, 0.5) is 10.8 Å². The smallest absolute Gasteiger partial charge is 0.263 e. The van der Waals surface area contributed by atoms with E-state index in [0.29, 0.717) is 21.3 Å². The minimum Gasteiger partial charge on any atom is -0.360 e. The lowest BCUT2D eigenvalue weighted by Crippen LogP contribution is -2.15. The first kappa shape index (κ1) is 22.3. The molecule has 2 N–H and O–H groups in total. The molecule has 0 aliphatic carbocycles. The Morgan fingerprint density at radius 2 is 1.78 bits per heavy atom. The maximum atomic E-state index is 13.0. The van der Waals surface area contributed by atoms with Crippen molar-refractivity contribution < 1.29 is 17.7 Å². The maximum Gasteiger partial charge on any atom is 0.263 e. The second kappa shape index (κ2) is 8.91. The molecule has 32 heavy (non-hydrogen) atoms. The zero-order valence-corrected chi connectivity index (χ0v) is 19.4. The molecule has 0 aliphatic heterocycles. The van der Waals surface area contributed by atoms with Gasteiger partial charge >= 0.3 is 0 Å². The van der Waals surface area contributed by atoms with Crippen LogP contribution in [0.1, 0.15) is 16.1 Å². The zero-order valence-electron chi connectivity index (χ0n) is 16.3. The Hall–Kier alpha value is -2.92. The zero-order chi connectivity index (χ0) is 22.9. The van der Waals surface area contributed by atoms with Crippen molar-refractivity contribution in [2.75, 3.05) is 10.0 Å². The topological polar surface area (TPSA) is 114 Å². The van der Waals surface area contributed by atoms with Crippen molar-refractivity contribution in [1.29, 1.82) is 0 Å². The number of thiazole rings is 1. The molecule has 0 atom stereocenters. The van der Waals surface area contributed by atoms with Crippen LogP contribution in [0.25, 0.3) is 11.3 Å². The van der Waals surface area contributed by atoms with Gasteiger partial charge in [0.05, 0.1) is 14.9 Å². The predicted molar refractivity (Wildman–Crippen MR) is 124 cm³/mol. The fraction of sp³-hybridized carbons (Fsp3) is 0.0500. The van der Waals surface area contributed by atoms with Gasteiger partial charge in [-0.3, -0.25) is 9.52 Å². The maximum absolute atomic E-state index is 13.0. The molecule has 0 fully saturated rings. The highest BCUT2D eigenvalue weighted by Crippen LogP contribution is 2.37. The van der Waals surface area contributed by atoms with Crippen LogP contribution in [0.2, 0.25) is 10.0 Å². The van der Waals surface area contributed by atoms with Crippen LogP contribution in [-0.4, -0.2) is 24.5 Å².